The van der Waals surface area contributed by atoms with Crippen LogP contribution in [0.15, 0.2) is 60.7 Å². The Balaban J connectivity index is 1.72. The van der Waals surface area contributed by atoms with Gasteiger partial charge in [-0.1, -0.05) is 72.4 Å². The number of amides is 4. The van der Waals surface area contributed by atoms with Gasteiger partial charge in [0.15, 0.2) is 5.12 Å². The zero-order valence-corrected chi connectivity index (χ0v) is 23.0. The molecule has 3 rings (SSSR count). The quantitative estimate of drug-likeness (QED) is 0.467. The normalized spacial score (nSPS) is 14.4. The highest BCUT2D eigenvalue weighted by atomic mass is 32.2. The minimum absolute atomic E-state index is 0.0660. The molecule has 1 aliphatic heterocycles. The molecule has 0 aromatic heterocycles. The molecule has 40 heavy (non-hydrogen) atoms. The Bertz CT molecular complexity index is 1140. The molecule has 8 nitrogen and oxygen atoms in total. The molecule has 216 valence electrons. The number of hydrogen-bond acceptors (Lipinski definition) is 5. The summed E-state index contributed by atoms with van der Waals surface area (Å²) < 4.78 is 38.5. The van der Waals surface area contributed by atoms with Crippen LogP contribution in [-0.4, -0.2) is 94.9 Å². The van der Waals surface area contributed by atoms with Gasteiger partial charge in [-0.25, -0.2) is 4.79 Å². The van der Waals surface area contributed by atoms with Crippen molar-refractivity contribution in [3.8, 4) is 0 Å². The van der Waals surface area contributed by atoms with E-state index < -0.39 is 30.1 Å². The van der Waals surface area contributed by atoms with Crippen molar-refractivity contribution in [3.05, 3.63) is 71.8 Å². The molecule has 1 N–H and O–H groups in total. The van der Waals surface area contributed by atoms with Crippen LogP contribution in [0.3, 0.4) is 0 Å². The van der Waals surface area contributed by atoms with Crippen LogP contribution in [0.2, 0.25) is 0 Å². The number of nitrogens with zero attached hydrogens (tertiary/aromatic N) is 3. The molecular formula is C28H33F3N4O4S. The van der Waals surface area contributed by atoms with Crippen LogP contribution in [0.25, 0.3) is 0 Å². The topological polar surface area (TPSA) is 90.0 Å². The highest BCUT2D eigenvalue weighted by molar-refractivity contribution is 8.13. The summed E-state index contributed by atoms with van der Waals surface area (Å²) in [6.45, 7) is 1.45. The van der Waals surface area contributed by atoms with E-state index in [4.69, 9.17) is 0 Å². The van der Waals surface area contributed by atoms with Gasteiger partial charge in [0.2, 0.25) is 5.91 Å². The highest BCUT2D eigenvalue weighted by Crippen LogP contribution is 2.20. The Morgan fingerprint density at radius 1 is 0.875 bits per heavy atom. The minimum atomic E-state index is -4.97. The Morgan fingerprint density at radius 2 is 1.43 bits per heavy atom. The molecular weight excluding hydrogens is 545 g/mol. The van der Waals surface area contributed by atoms with Crippen molar-refractivity contribution in [2.45, 2.75) is 32.0 Å². The van der Waals surface area contributed by atoms with E-state index in [1.165, 1.54) is 11.8 Å². The molecule has 1 fully saturated rings. The summed E-state index contributed by atoms with van der Waals surface area (Å²) in [5, 5.41) is 2.77. The average molecular weight is 579 g/mol. The van der Waals surface area contributed by atoms with Crippen LogP contribution >= 0.6 is 11.8 Å². The van der Waals surface area contributed by atoms with Crippen LogP contribution in [0.4, 0.5) is 18.0 Å². The molecule has 1 saturated heterocycles. The Kier molecular flexibility index (Phi) is 11.4. The molecule has 0 spiro atoms. The Labute approximate surface area is 235 Å². The fourth-order valence-electron chi connectivity index (χ4n) is 4.34. The summed E-state index contributed by atoms with van der Waals surface area (Å²) in [5.74, 6) is -1.96. The lowest BCUT2D eigenvalue weighted by atomic mass is 10.0. The molecule has 4 amide bonds. The van der Waals surface area contributed by atoms with Crippen LogP contribution < -0.4 is 5.32 Å². The molecule has 12 heteroatoms. The zero-order chi connectivity index (χ0) is 29.1. The first-order valence-electron chi connectivity index (χ1n) is 13.0. The first-order chi connectivity index (χ1) is 19.0. The predicted octanol–water partition coefficient (Wildman–Crippen LogP) is 3.36. The number of rotatable bonds is 10. The monoisotopic (exact) mass is 578 g/mol. The molecule has 0 radical (unpaired) electrons. The molecule has 2 aromatic rings. The smallest absolute Gasteiger partial charge is 0.337 e. The van der Waals surface area contributed by atoms with Crippen molar-refractivity contribution in [2.24, 2.45) is 0 Å². The van der Waals surface area contributed by atoms with E-state index in [0.29, 0.717) is 23.6 Å². The van der Waals surface area contributed by atoms with Crippen molar-refractivity contribution in [3.63, 3.8) is 0 Å². The number of carbonyl (C=O) groups is 4. The maximum Gasteiger partial charge on any atom is 0.471 e. The van der Waals surface area contributed by atoms with Crippen LogP contribution in [0, 0.1) is 0 Å². The molecule has 1 unspecified atom stereocenters. The first kappa shape index (κ1) is 31.0. The van der Waals surface area contributed by atoms with E-state index in [9.17, 15) is 32.3 Å². The highest BCUT2D eigenvalue weighted by Gasteiger charge is 2.43. The van der Waals surface area contributed by atoms with Gasteiger partial charge < -0.3 is 20.0 Å². The molecule has 2 aromatic carbocycles. The van der Waals surface area contributed by atoms with E-state index in [1.54, 1.807) is 4.90 Å². The summed E-state index contributed by atoms with van der Waals surface area (Å²) in [7, 11) is 0. The van der Waals surface area contributed by atoms with Crippen LogP contribution in [-0.2, 0) is 27.2 Å². The largest absolute Gasteiger partial charge is 0.471 e. The van der Waals surface area contributed by atoms with Crippen molar-refractivity contribution in [2.75, 3.05) is 45.0 Å². The predicted molar refractivity (Wildman–Crippen MR) is 147 cm³/mol. The van der Waals surface area contributed by atoms with E-state index in [0.717, 1.165) is 22.9 Å². The number of alkyl halides is 3. The lowest BCUT2D eigenvalue weighted by Gasteiger charge is -2.37. The standard InChI is InChI=1S/C28H33F3N4O4S/c1-21(36)40-19-18-35(13-12-22-8-4-2-5-9-22)27(39)32-24(20-23-10-6-3-7-11-23)25(37)33-14-16-34(17-15-33)26(38)28(29,30)31/h2-11,24H,12-20H2,1H3,(H,32,39). The maximum atomic E-state index is 13.5. The SMILES string of the molecule is CC(=O)SCCN(CCc1ccccc1)C(=O)NC(Cc1ccccc1)C(=O)N1CCN(C(=O)C(F)(F)F)CC1. The summed E-state index contributed by atoms with van der Waals surface area (Å²) >= 11 is 1.11. The summed E-state index contributed by atoms with van der Waals surface area (Å²) in [5.41, 5.74) is 1.83. The van der Waals surface area contributed by atoms with E-state index in [2.05, 4.69) is 5.32 Å². The fourth-order valence-corrected chi connectivity index (χ4v) is 4.94. The van der Waals surface area contributed by atoms with Crippen molar-refractivity contribution >= 4 is 34.7 Å². The summed E-state index contributed by atoms with van der Waals surface area (Å²) in [6.07, 6.45) is -4.22. The third-order valence-corrected chi connectivity index (χ3v) is 7.26. The lowest BCUT2D eigenvalue weighted by Crippen LogP contribution is -2.59. The minimum Gasteiger partial charge on any atom is -0.337 e. The van der Waals surface area contributed by atoms with E-state index in [1.807, 2.05) is 60.7 Å². The number of piperazine rings is 1. The van der Waals surface area contributed by atoms with Gasteiger partial charge in [0.25, 0.3) is 0 Å². The van der Waals surface area contributed by atoms with Crippen molar-refractivity contribution < 1.29 is 32.3 Å². The van der Waals surface area contributed by atoms with Gasteiger partial charge >= 0.3 is 18.1 Å². The van der Waals surface area contributed by atoms with Gasteiger partial charge in [0, 0.05) is 58.4 Å². The van der Waals surface area contributed by atoms with Gasteiger partial charge in [0.05, 0.1) is 0 Å². The first-order valence-corrected chi connectivity index (χ1v) is 13.9. The summed E-state index contributed by atoms with van der Waals surface area (Å²) in [6, 6.07) is 17.3. The second-order valence-corrected chi connectivity index (χ2v) is 10.6. The van der Waals surface area contributed by atoms with Crippen molar-refractivity contribution in [1.82, 2.24) is 20.0 Å². The average Bonchev–Trinajstić information content (AvgIpc) is 2.94. The van der Waals surface area contributed by atoms with Gasteiger partial charge in [-0.15, -0.1) is 0 Å². The number of urea groups is 1. The molecule has 0 aliphatic carbocycles. The second kappa shape index (κ2) is 14.7. The summed E-state index contributed by atoms with van der Waals surface area (Å²) in [4.78, 5) is 53.7. The number of halogens is 3. The number of hydrogen-bond donors (Lipinski definition) is 1. The molecule has 1 aliphatic rings. The third-order valence-electron chi connectivity index (χ3n) is 6.47. The number of thioether (sulfide) groups is 1. The number of benzene rings is 2. The fraction of sp³-hybridized carbons (Fsp3) is 0.429. The van der Waals surface area contributed by atoms with Gasteiger partial charge in [0.1, 0.15) is 6.04 Å². The third kappa shape index (κ3) is 9.58. The molecule has 1 heterocycles. The lowest BCUT2D eigenvalue weighted by molar-refractivity contribution is -0.187. The maximum absolute atomic E-state index is 13.5. The van der Waals surface area contributed by atoms with Gasteiger partial charge in [-0.3, -0.25) is 14.4 Å². The Morgan fingerprint density at radius 3 is 1.98 bits per heavy atom. The molecule has 0 saturated carbocycles. The van der Waals surface area contributed by atoms with Gasteiger partial charge in [-0.05, 0) is 17.5 Å². The molecule has 0 bridgehead atoms. The van der Waals surface area contributed by atoms with Crippen LogP contribution in [0.5, 0.6) is 0 Å². The van der Waals surface area contributed by atoms with Crippen molar-refractivity contribution in [1.29, 1.82) is 0 Å². The van der Waals surface area contributed by atoms with Crippen LogP contribution in [0.1, 0.15) is 18.1 Å². The second-order valence-electron chi connectivity index (χ2n) is 9.37. The van der Waals surface area contributed by atoms with E-state index >= 15 is 0 Å². The van der Waals surface area contributed by atoms with Gasteiger partial charge in [-0.2, -0.15) is 13.2 Å². The molecule has 1 atom stereocenters. The number of carbonyl (C=O) groups excluding carboxylic acids is 4. The van der Waals surface area contributed by atoms with E-state index in [-0.39, 0.29) is 44.3 Å². The number of nitrogens with one attached hydrogen (secondary N) is 1. The Hall–Kier alpha value is -3.54. The zero-order valence-electron chi connectivity index (χ0n) is 22.2.